The first-order valence-electron chi connectivity index (χ1n) is 9.74. The monoisotopic (exact) mass is 433 g/mol. The van der Waals surface area contributed by atoms with Crippen LogP contribution in [0.2, 0.25) is 5.02 Å². The number of benzene rings is 2. The molecule has 0 spiro atoms. The number of anilines is 1. The summed E-state index contributed by atoms with van der Waals surface area (Å²) in [5.41, 5.74) is 2.39. The number of amides is 1. The first kappa shape index (κ1) is 20.2. The van der Waals surface area contributed by atoms with Crippen LogP contribution in [0.25, 0.3) is 0 Å². The number of sulfonamides is 1. The van der Waals surface area contributed by atoms with Gasteiger partial charge in [0, 0.05) is 42.9 Å². The third-order valence-electron chi connectivity index (χ3n) is 5.70. The van der Waals surface area contributed by atoms with Gasteiger partial charge in [0.15, 0.2) is 0 Å². The summed E-state index contributed by atoms with van der Waals surface area (Å²) in [7, 11) is -3.57. The first-order valence-corrected chi connectivity index (χ1v) is 11.6. The Morgan fingerprint density at radius 2 is 1.69 bits per heavy atom. The molecule has 0 N–H and O–H groups in total. The van der Waals surface area contributed by atoms with E-state index in [0.717, 1.165) is 12.1 Å². The zero-order chi connectivity index (χ0) is 20.6. The number of fused-ring (bicyclic) bond motifs is 1. The summed E-state index contributed by atoms with van der Waals surface area (Å²) < 4.78 is 27.0. The Kier molecular flexibility index (Phi) is 5.55. The maximum absolute atomic E-state index is 12.9. The van der Waals surface area contributed by atoms with Gasteiger partial charge in [0.1, 0.15) is 0 Å². The molecule has 4 rings (SSSR count). The smallest absolute Gasteiger partial charge is 0.243 e. The van der Waals surface area contributed by atoms with Crippen LogP contribution in [-0.4, -0.2) is 62.3 Å². The minimum atomic E-state index is -3.57. The zero-order valence-corrected chi connectivity index (χ0v) is 17.9. The first-order chi connectivity index (χ1) is 13.9. The second kappa shape index (κ2) is 7.97. The number of carbonyl (C=O) groups excluding carboxylic acids is 1. The highest BCUT2D eigenvalue weighted by Crippen LogP contribution is 2.31. The molecule has 6 nitrogen and oxygen atoms in total. The summed E-state index contributed by atoms with van der Waals surface area (Å²) in [5, 5.41) is 0.497. The third kappa shape index (κ3) is 3.99. The summed E-state index contributed by atoms with van der Waals surface area (Å²) in [4.78, 5) is 17.0. The highest BCUT2D eigenvalue weighted by Gasteiger charge is 2.32. The Morgan fingerprint density at radius 3 is 2.38 bits per heavy atom. The number of halogens is 1. The van der Waals surface area contributed by atoms with Crippen molar-refractivity contribution in [2.45, 2.75) is 24.3 Å². The van der Waals surface area contributed by atoms with E-state index in [2.05, 4.69) is 24.0 Å². The van der Waals surface area contributed by atoms with Crippen molar-refractivity contribution in [3.05, 3.63) is 59.1 Å². The van der Waals surface area contributed by atoms with Crippen molar-refractivity contribution < 1.29 is 13.2 Å². The highest BCUT2D eigenvalue weighted by molar-refractivity contribution is 7.89. The lowest BCUT2D eigenvalue weighted by Crippen LogP contribution is -2.53. The summed E-state index contributed by atoms with van der Waals surface area (Å²) in [6.07, 6.45) is 0.941. The SMILES string of the molecule is C[C@H]1Cc2ccccc2N1CC(=O)N1CCN(S(=O)(=O)c2ccc(Cl)cc2)CC1. The normalized spacial score (nSPS) is 20.0. The average Bonchev–Trinajstić information content (AvgIpc) is 3.03. The van der Waals surface area contributed by atoms with E-state index in [1.54, 1.807) is 17.0 Å². The molecule has 1 amide bonds. The van der Waals surface area contributed by atoms with Crippen molar-refractivity contribution in [3.8, 4) is 0 Å². The topological polar surface area (TPSA) is 60.9 Å². The predicted molar refractivity (Wildman–Crippen MR) is 114 cm³/mol. The number of nitrogens with zero attached hydrogens (tertiary/aromatic N) is 3. The van der Waals surface area contributed by atoms with Crippen LogP contribution in [0.1, 0.15) is 12.5 Å². The number of para-hydroxylation sites is 1. The van der Waals surface area contributed by atoms with Gasteiger partial charge in [-0.05, 0) is 49.2 Å². The third-order valence-corrected chi connectivity index (χ3v) is 7.86. The lowest BCUT2D eigenvalue weighted by Gasteiger charge is -2.35. The van der Waals surface area contributed by atoms with Crippen molar-refractivity contribution in [2.24, 2.45) is 0 Å². The fourth-order valence-corrected chi connectivity index (χ4v) is 5.60. The van der Waals surface area contributed by atoms with E-state index >= 15 is 0 Å². The van der Waals surface area contributed by atoms with Crippen LogP contribution >= 0.6 is 11.6 Å². The fraction of sp³-hybridized carbons (Fsp3) is 0.381. The molecular formula is C21H24ClN3O3S. The Labute approximate surface area is 176 Å². The van der Waals surface area contributed by atoms with Crippen LogP contribution in [-0.2, 0) is 21.2 Å². The molecule has 0 aromatic heterocycles. The molecule has 1 saturated heterocycles. The quantitative estimate of drug-likeness (QED) is 0.743. The van der Waals surface area contributed by atoms with Gasteiger partial charge in [-0.15, -0.1) is 0 Å². The van der Waals surface area contributed by atoms with E-state index in [4.69, 9.17) is 11.6 Å². The number of rotatable bonds is 4. The van der Waals surface area contributed by atoms with E-state index in [1.807, 2.05) is 12.1 Å². The molecule has 2 aromatic rings. The van der Waals surface area contributed by atoms with E-state index in [0.29, 0.717) is 37.7 Å². The lowest BCUT2D eigenvalue weighted by atomic mass is 10.1. The van der Waals surface area contributed by atoms with Gasteiger partial charge >= 0.3 is 0 Å². The van der Waals surface area contributed by atoms with Crippen molar-refractivity contribution in [1.29, 1.82) is 0 Å². The number of hydrogen-bond donors (Lipinski definition) is 0. The standard InChI is InChI=1S/C21H24ClN3O3S/c1-16-14-17-4-2-3-5-20(17)25(16)15-21(26)23-10-12-24(13-11-23)29(27,28)19-8-6-18(22)7-9-19/h2-9,16H,10-15H2,1H3/t16-/m0/s1. The Morgan fingerprint density at radius 1 is 1.03 bits per heavy atom. The molecule has 1 fully saturated rings. The second-order valence-corrected chi connectivity index (χ2v) is 9.92. The molecule has 29 heavy (non-hydrogen) atoms. The Hall–Kier alpha value is -2.09. The number of hydrogen-bond acceptors (Lipinski definition) is 4. The van der Waals surface area contributed by atoms with Crippen LogP contribution < -0.4 is 4.90 Å². The van der Waals surface area contributed by atoms with Crippen molar-refractivity contribution in [3.63, 3.8) is 0 Å². The van der Waals surface area contributed by atoms with E-state index in [9.17, 15) is 13.2 Å². The molecule has 0 bridgehead atoms. The zero-order valence-electron chi connectivity index (χ0n) is 16.3. The van der Waals surface area contributed by atoms with Crippen molar-refractivity contribution in [2.75, 3.05) is 37.6 Å². The predicted octanol–water partition coefficient (Wildman–Crippen LogP) is 2.62. The molecule has 2 aromatic carbocycles. The van der Waals surface area contributed by atoms with Crippen LogP contribution in [0.5, 0.6) is 0 Å². The summed E-state index contributed by atoms with van der Waals surface area (Å²) in [6.45, 7) is 3.84. The molecule has 2 aliphatic heterocycles. The molecule has 2 heterocycles. The van der Waals surface area contributed by atoms with Gasteiger partial charge in [-0.25, -0.2) is 8.42 Å². The average molecular weight is 434 g/mol. The molecule has 0 unspecified atom stereocenters. The van der Waals surface area contributed by atoms with Gasteiger partial charge in [0.05, 0.1) is 11.4 Å². The minimum Gasteiger partial charge on any atom is -0.359 e. The van der Waals surface area contributed by atoms with Gasteiger partial charge in [-0.1, -0.05) is 29.8 Å². The number of carbonyl (C=O) groups is 1. The van der Waals surface area contributed by atoms with Gasteiger partial charge in [-0.2, -0.15) is 4.31 Å². The van der Waals surface area contributed by atoms with Gasteiger partial charge in [0.25, 0.3) is 0 Å². The molecule has 0 radical (unpaired) electrons. The maximum atomic E-state index is 12.9. The van der Waals surface area contributed by atoms with E-state index in [1.165, 1.54) is 22.0 Å². The van der Waals surface area contributed by atoms with Gasteiger partial charge in [0.2, 0.25) is 15.9 Å². The van der Waals surface area contributed by atoms with Crippen molar-refractivity contribution >= 4 is 33.2 Å². The van der Waals surface area contributed by atoms with E-state index < -0.39 is 10.0 Å². The Balaban J connectivity index is 1.38. The molecule has 154 valence electrons. The molecule has 0 aliphatic carbocycles. The van der Waals surface area contributed by atoms with Gasteiger partial charge < -0.3 is 9.80 Å². The molecule has 0 saturated carbocycles. The largest absolute Gasteiger partial charge is 0.359 e. The highest BCUT2D eigenvalue weighted by atomic mass is 35.5. The fourth-order valence-electron chi connectivity index (χ4n) is 4.05. The lowest BCUT2D eigenvalue weighted by molar-refractivity contribution is -0.130. The number of piperazine rings is 1. The van der Waals surface area contributed by atoms with Crippen LogP contribution in [0.4, 0.5) is 5.69 Å². The molecule has 8 heteroatoms. The second-order valence-electron chi connectivity index (χ2n) is 7.55. The van der Waals surface area contributed by atoms with Crippen LogP contribution in [0.3, 0.4) is 0 Å². The summed E-state index contributed by atoms with van der Waals surface area (Å²) in [5.74, 6) is 0.0390. The van der Waals surface area contributed by atoms with Crippen molar-refractivity contribution in [1.82, 2.24) is 9.21 Å². The van der Waals surface area contributed by atoms with Crippen LogP contribution in [0.15, 0.2) is 53.4 Å². The molecular weight excluding hydrogens is 410 g/mol. The summed E-state index contributed by atoms with van der Waals surface area (Å²) in [6, 6.07) is 14.6. The Bertz CT molecular complexity index is 1000. The van der Waals surface area contributed by atoms with Crippen LogP contribution in [0, 0.1) is 0 Å². The van der Waals surface area contributed by atoms with Gasteiger partial charge in [-0.3, -0.25) is 4.79 Å². The molecule has 1 atom stereocenters. The summed E-state index contributed by atoms with van der Waals surface area (Å²) >= 11 is 5.86. The minimum absolute atomic E-state index is 0.0390. The molecule has 2 aliphatic rings. The van der Waals surface area contributed by atoms with E-state index in [-0.39, 0.29) is 16.8 Å². The maximum Gasteiger partial charge on any atom is 0.243 e.